The van der Waals surface area contributed by atoms with Crippen molar-refractivity contribution in [2.24, 2.45) is 5.73 Å². The van der Waals surface area contributed by atoms with Crippen molar-refractivity contribution in [3.05, 3.63) is 17.9 Å². The Hall–Kier alpha value is -1.09. The fraction of sp³-hybridized carbons (Fsp3) is 0.444. The second-order valence-electron chi connectivity index (χ2n) is 3.19. The zero-order chi connectivity index (χ0) is 12.9. The summed E-state index contributed by atoms with van der Waals surface area (Å²) >= 11 is 0. The fourth-order valence-electron chi connectivity index (χ4n) is 1.06. The number of carbonyl (C=O) groups is 1. The van der Waals surface area contributed by atoms with E-state index in [4.69, 9.17) is 10.2 Å². The smallest absolute Gasteiger partial charge is 0.341 e. The first-order chi connectivity index (χ1) is 8.01. The summed E-state index contributed by atoms with van der Waals surface area (Å²) < 4.78 is 34.8. The van der Waals surface area contributed by atoms with E-state index in [1.807, 2.05) is 0 Å². The number of furan rings is 1. The minimum absolute atomic E-state index is 0. The van der Waals surface area contributed by atoms with Crippen LogP contribution in [0.5, 0.6) is 0 Å². The van der Waals surface area contributed by atoms with Crippen LogP contribution in [0.2, 0.25) is 0 Å². The average Bonchev–Trinajstić information content (AvgIpc) is 2.78. The van der Waals surface area contributed by atoms with Crippen LogP contribution in [-0.4, -0.2) is 34.6 Å². The number of hydrogen-bond donors (Lipinski definition) is 2. The van der Waals surface area contributed by atoms with Gasteiger partial charge >= 0.3 is 5.97 Å². The first kappa shape index (κ1) is 16.9. The van der Waals surface area contributed by atoms with Crippen LogP contribution in [-0.2, 0) is 14.8 Å². The molecule has 0 bridgehead atoms. The highest BCUT2D eigenvalue weighted by Gasteiger charge is 2.20. The highest BCUT2D eigenvalue weighted by atomic mass is 35.5. The Labute approximate surface area is 111 Å². The van der Waals surface area contributed by atoms with E-state index in [-0.39, 0.29) is 29.6 Å². The average molecular weight is 299 g/mol. The number of methoxy groups -OCH3 is 1. The third-order valence-electron chi connectivity index (χ3n) is 1.93. The van der Waals surface area contributed by atoms with E-state index in [2.05, 4.69) is 9.46 Å². The van der Waals surface area contributed by atoms with Gasteiger partial charge in [0.25, 0.3) is 10.0 Å². The van der Waals surface area contributed by atoms with E-state index in [0.717, 1.165) is 12.3 Å². The number of rotatable bonds is 6. The van der Waals surface area contributed by atoms with Crippen LogP contribution < -0.4 is 10.5 Å². The van der Waals surface area contributed by atoms with Gasteiger partial charge in [0.2, 0.25) is 5.09 Å². The Morgan fingerprint density at radius 3 is 2.78 bits per heavy atom. The molecule has 0 amide bonds. The maximum Gasteiger partial charge on any atom is 0.341 e. The summed E-state index contributed by atoms with van der Waals surface area (Å²) in [5.41, 5.74) is 5.29. The predicted molar refractivity (Wildman–Crippen MR) is 66.2 cm³/mol. The largest absolute Gasteiger partial charge is 0.465 e. The first-order valence-electron chi connectivity index (χ1n) is 4.88. The maximum absolute atomic E-state index is 11.6. The van der Waals surface area contributed by atoms with Gasteiger partial charge in [0, 0.05) is 12.6 Å². The van der Waals surface area contributed by atoms with Crippen molar-refractivity contribution < 1.29 is 22.4 Å². The Kier molecular flexibility index (Phi) is 6.92. The van der Waals surface area contributed by atoms with E-state index >= 15 is 0 Å². The molecule has 1 heterocycles. The van der Waals surface area contributed by atoms with Crippen molar-refractivity contribution in [2.75, 3.05) is 20.2 Å². The molecule has 0 saturated heterocycles. The lowest BCUT2D eigenvalue weighted by Crippen LogP contribution is -2.25. The van der Waals surface area contributed by atoms with Crippen molar-refractivity contribution in [1.29, 1.82) is 0 Å². The number of hydrogen-bond acceptors (Lipinski definition) is 6. The molecule has 3 N–H and O–H groups in total. The number of halogens is 1. The molecule has 0 spiro atoms. The van der Waals surface area contributed by atoms with Crippen molar-refractivity contribution in [3.63, 3.8) is 0 Å². The lowest BCUT2D eigenvalue weighted by atomic mass is 10.3. The Morgan fingerprint density at radius 2 is 2.22 bits per heavy atom. The fourth-order valence-corrected chi connectivity index (χ4v) is 2.07. The lowest BCUT2D eigenvalue weighted by molar-refractivity contribution is 0.0600. The normalized spacial score (nSPS) is 10.8. The van der Waals surface area contributed by atoms with Crippen molar-refractivity contribution >= 4 is 28.4 Å². The van der Waals surface area contributed by atoms with Gasteiger partial charge in [-0.15, -0.1) is 12.4 Å². The predicted octanol–water partition coefficient (Wildman–Crippen LogP) is 0.115. The minimum atomic E-state index is -3.73. The third-order valence-corrected chi connectivity index (χ3v) is 3.26. The molecule has 0 aliphatic carbocycles. The van der Waals surface area contributed by atoms with Gasteiger partial charge in [0.1, 0.15) is 6.26 Å². The van der Waals surface area contributed by atoms with Crippen molar-refractivity contribution in [2.45, 2.75) is 11.5 Å². The zero-order valence-electron chi connectivity index (χ0n) is 9.71. The molecule has 0 radical (unpaired) electrons. The summed E-state index contributed by atoms with van der Waals surface area (Å²) in [6.07, 6.45) is 1.55. The number of nitrogens with two attached hydrogens (primary N) is 1. The summed E-state index contributed by atoms with van der Waals surface area (Å²) in [5, 5.41) is -0.324. The molecule has 0 aliphatic rings. The van der Waals surface area contributed by atoms with Gasteiger partial charge in [-0.3, -0.25) is 0 Å². The van der Waals surface area contributed by atoms with Crippen molar-refractivity contribution in [1.82, 2.24) is 4.72 Å². The van der Waals surface area contributed by atoms with Crippen LogP contribution in [0.4, 0.5) is 0 Å². The lowest BCUT2D eigenvalue weighted by Gasteiger charge is -2.01. The van der Waals surface area contributed by atoms with Gasteiger partial charge < -0.3 is 14.9 Å². The topological polar surface area (TPSA) is 112 Å². The number of ether oxygens (including phenoxy) is 1. The molecule has 18 heavy (non-hydrogen) atoms. The van der Waals surface area contributed by atoms with Gasteiger partial charge in [0.05, 0.1) is 12.7 Å². The third kappa shape index (κ3) is 4.30. The molecule has 0 unspecified atom stereocenters. The number of esters is 1. The minimum Gasteiger partial charge on any atom is -0.465 e. The van der Waals surface area contributed by atoms with E-state index in [1.165, 1.54) is 7.11 Å². The van der Waals surface area contributed by atoms with Crippen LogP contribution in [0.25, 0.3) is 0 Å². The quantitative estimate of drug-likeness (QED) is 0.570. The molecule has 0 fully saturated rings. The Bertz CT molecular complexity index is 485. The molecule has 0 aliphatic heterocycles. The summed E-state index contributed by atoms with van der Waals surface area (Å²) in [6.45, 7) is 0.598. The second kappa shape index (κ2) is 7.37. The van der Waals surface area contributed by atoms with Crippen LogP contribution in [0, 0.1) is 0 Å². The summed E-state index contributed by atoms with van der Waals surface area (Å²) in [5.74, 6) is -0.655. The second-order valence-corrected chi connectivity index (χ2v) is 4.88. The molecule has 1 aromatic heterocycles. The molecule has 0 aromatic carbocycles. The molecule has 0 saturated carbocycles. The van der Waals surface area contributed by atoms with Gasteiger partial charge in [-0.25, -0.2) is 17.9 Å². The molecule has 9 heteroatoms. The number of sulfonamides is 1. The summed E-state index contributed by atoms with van der Waals surface area (Å²) in [7, 11) is -2.54. The van der Waals surface area contributed by atoms with Gasteiger partial charge in [0.15, 0.2) is 0 Å². The molecular formula is C9H15ClN2O5S. The SMILES string of the molecule is COC(=O)c1coc(S(=O)(=O)NCCCN)c1.Cl. The molecular weight excluding hydrogens is 284 g/mol. The van der Waals surface area contributed by atoms with E-state index in [9.17, 15) is 13.2 Å². The van der Waals surface area contributed by atoms with Crippen LogP contribution >= 0.6 is 12.4 Å². The summed E-state index contributed by atoms with van der Waals surface area (Å²) in [6, 6.07) is 1.11. The molecule has 104 valence electrons. The number of nitrogens with one attached hydrogen (secondary N) is 1. The monoisotopic (exact) mass is 298 g/mol. The zero-order valence-corrected chi connectivity index (χ0v) is 11.3. The molecule has 7 nitrogen and oxygen atoms in total. The van der Waals surface area contributed by atoms with Gasteiger partial charge in [-0.05, 0) is 13.0 Å². The molecule has 1 aromatic rings. The maximum atomic E-state index is 11.6. The number of carbonyl (C=O) groups excluding carboxylic acids is 1. The van der Waals surface area contributed by atoms with Gasteiger partial charge in [-0.1, -0.05) is 0 Å². The highest BCUT2D eigenvalue weighted by molar-refractivity contribution is 7.89. The van der Waals surface area contributed by atoms with Crippen molar-refractivity contribution in [3.8, 4) is 0 Å². The van der Waals surface area contributed by atoms with Gasteiger partial charge in [-0.2, -0.15) is 0 Å². The highest BCUT2D eigenvalue weighted by Crippen LogP contribution is 2.14. The van der Waals surface area contributed by atoms with Crippen LogP contribution in [0.15, 0.2) is 21.8 Å². The van der Waals surface area contributed by atoms with Crippen LogP contribution in [0.1, 0.15) is 16.8 Å². The van der Waals surface area contributed by atoms with Crippen LogP contribution in [0.3, 0.4) is 0 Å². The van der Waals surface area contributed by atoms with E-state index in [1.54, 1.807) is 0 Å². The Balaban J connectivity index is 0.00000289. The summed E-state index contributed by atoms with van der Waals surface area (Å²) in [4.78, 5) is 11.1. The first-order valence-corrected chi connectivity index (χ1v) is 6.36. The van der Waals surface area contributed by atoms with E-state index < -0.39 is 16.0 Å². The molecule has 1 rings (SSSR count). The Morgan fingerprint density at radius 1 is 1.56 bits per heavy atom. The standard InChI is InChI=1S/C9H14N2O5S.ClH/c1-15-9(12)7-5-8(16-6-7)17(13,14)11-4-2-3-10;/h5-6,11H,2-4,10H2,1H3;1H. The van der Waals surface area contributed by atoms with E-state index in [0.29, 0.717) is 13.0 Å². The molecule has 0 atom stereocenters.